The van der Waals surface area contributed by atoms with Crippen LogP contribution in [0.25, 0.3) is 0 Å². The van der Waals surface area contributed by atoms with Crippen molar-refractivity contribution >= 4 is 11.9 Å². The molecule has 1 fully saturated rings. The van der Waals surface area contributed by atoms with Crippen LogP contribution < -0.4 is 5.32 Å². The topological polar surface area (TPSA) is 75.6 Å². The van der Waals surface area contributed by atoms with E-state index in [1.54, 1.807) is 6.07 Å². The molecule has 1 unspecified atom stereocenters. The Labute approximate surface area is 111 Å². The fourth-order valence-electron chi connectivity index (χ4n) is 2.24. The highest BCUT2D eigenvalue weighted by Gasteiger charge is 2.44. The van der Waals surface area contributed by atoms with Gasteiger partial charge in [-0.2, -0.15) is 0 Å². The molecule has 102 valence electrons. The highest BCUT2D eigenvalue weighted by atomic mass is 16.5. The zero-order chi connectivity index (χ0) is 14.0. The molecule has 0 bridgehead atoms. The van der Waals surface area contributed by atoms with Crippen molar-refractivity contribution in [3.63, 3.8) is 0 Å². The maximum absolute atomic E-state index is 12.2. The Hall–Kier alpha value is -1.88. The maximum atomic E-state index is 12.2. The van der Waals surface area contributed by atoms with Gasteiger partial charge in [-0.05, 0) is 25.5 Å². The van der Waals surface area contributed by atoms with Gasteiger partial charge in [0.05, 0.1) is 6.61 Å². The number of nitrogens with one attached hydrogen (secondary N) is 1. The molecule has 0 radical (unpaired) electrons. The number of aryl methyl sites for hydroxylation is 2. The van der Waals surface area contributed by atoms with Crippen molar-refractivity contribution in [2.24, 2.45) is 0 Å². The number of hydrogen-bond donors (Lipinski definition) is 2. The predicted molar refractivity (Wildman–Crippen MR) is 69.2 cm³/mol. The fourth-order valence-corrected chi connectivity index (χ4v) is 2.24. The third-order valence-electron chi connectivity index (χ3n) is 3.41. The largest absolute Gasteiger partial charge is 0.479 e. The first-order valence-electron chi connectivity index (χ1n) is 6.15. The summed E-state index contributed by atoms with van der Waals surface area (Å²) in [6.07, 6.45) is 0.291. The quantitative estimate of drug-likeness (QED) is 0.861. The van der Waals surface area contributed by atoms with Crippen LogP contribution in [0.4, 0.5) is 0 Å². The van der Waals surface area contributed by atoms with Crippen LogP contribution in [0.5, 0.6) is 0 Å². The lowest BCUT2D eigenvalue weighted by Gasteiger charge is -2.24. The Morgan fingerprint density at radius 3 is 2.63 bits per heavy atom. The summed E-state index contributed by atoms with van der Waals surface area (Å²) < 4.78 is 5.11. The standard InChI is InChI=1S/C14H17NO4/c1-9-3-4-11(10(2)7-9)12(16)15-14(13(17)18)5-6-19-8-14/h3-4,7H,5-6,8H2,1-2H3,(H,15,16)(H,17,18). The summed E-state index contributed by atoms with van der Waals surface area (Å²) in [6, 6.07) is 5.44. The normalized spacial score (nSPS) is 22.2. The number of benzene rings is 1. The first kappa shape index (κ1) is 13.5. The molecule has 1 saturated heterocycles. The fraction of sp³-hybridized carbons (Fsp3) is 0.429. The number of carboxylic acids is 1. The number of rotatable bonds is 3. The van der Waals surface area contributed by atoms with Crippen molar-refractivity contribution in [1.82, 2.24) is 5.32 Å². The third-order valence-corrected chi connectivity index (χ3v) is 3.41. The van der Waals surface area contributed by atoms with Gasteiger partial charge in [-0.25, -0.2) is 4.79 Å². The summed E-state index contributed by atoms with van der Waals surface area (Å²) in [4.78, 5) is 23.5. The molecule has 0 spiro atoms. The van der Waals surface area contributed by atoms with Crippen molar-refractivity contribution < 1.29 is 19.4 Å². The lowest BCUT2D eigenvalue weighted by Crippen LogP contribution is -2.55. The monoisotopic (exact) mass is 263 g/mol. The highest BCUT2D eigenvalue weighted by Crippen LogP contribution is 2.20. The van der Waals surface area contributed by atoms with E-state index in [1.807, 2.05) is 26.0 Å². The Morgan fingerprint density at radius 1 is 1.37 bits per heavy atom. The molecule has 1 aliphatic heterocycles. The molecule has 2 rings (SSSR count). The van der Waals surface area contributed by atoms with Crippen molar-refractivity contribution in [3.05, 3.63) is 34.9 Å². The van der Waals surface area contributed by atoms with Crippen LogP contribution in [0.1, 0.15) is 27.9 Å². The Morgan fingerprint density at radius 2 is 2.11 bits per heavy atom. The van der Waals surface area contributed by atoms with Crippen molar-refractivity contribution in [2.75, 3.05) is 13.2 Å². The second-order valence-corrected chi connectivity index (χ2v) is 4.96. The number of carbonyl (C=O) groups is 2. The Bertz CT molecular complexity index is 518. The molecule has 1 aromatic carbocycles. The van der Waals surface area contributed by atoms with Crippen LogP contribution in [0.15, 0.2) is 18.2 Å². The van der Waals surface area contributed by atoms with E-state index in [-0.39, 0.29) is 12.5 Å². The lowest BCUT2D eigenvalue weighted by molar-refractivity contribution is -0.144. The maximum Gasteiger partial charge on any atom is 0.331 e. The van der Waals surface area contributed by atoms with Gasteiger partial charge in [0.15, 0.2) is 5.54 Å². The smallest absolute Gasteiger partial charge is 0.331 e. The van der Waals surface area contributed by atoms with E-state index in [4.69, 9.17) is 4.74 Å². The zero-order valence-electron chi connectivity index (χ0n) is 11.0. The average Bonchev–Trinajstić information content (AvgIpc) is 2.78. The van der Waals surface area contributed by atoms with E-state index >= 15 is 0 Å². The molecular weight excluding hydrogens is 246 g/mol. The molecule has 0 aliphatic carbocycles. The van der Waals surface area contributed by atoms with Gasteiger partial charge in [0.1, 0.15) is 0 Å². The Kier molecular flexibility index (Phi) is 3.57. The summed E-state index contributed by atoms with van der Waals surface area (Å²) in [7, 11) is 0. The minimum atomic E-state index is -1.30. The molecule has 0 aromatic heterocycles. The van der Waals surface area contributed by atoms with Crippen molar-refractivity contribution in [2.45, 2.75) is 25.8 Å². The second kappa shape index (κ2) is 5.01. The van der Waals surface area contributed by atoms with Gasteiger partial charge in [0, 0.05) is 18.6 Å². The Balaban J connectivity index is 2.22. The highest BCUT2D eigenvalue weighted by molar-refractivity contribution is 5.99. The van der Waals surface area contributed by atoms with Crippen LogP contribution >= 0.6 is 0 Å². The summed E-state index contributed by atoms with van der Waals surface area (Å²) in [5.74, 6) is -1.42. The molecule has 1 aromatic rings. The lowest BCUT2D eigenvalue weighted by atomic mass is 9.97. The molecule has 5 heteroatoms. The minimum absolute atomic E-state index is 0.0129. The van der Waals surface area contributed by atoms with Gasteiger partial charge >= 0.3 is 5.97 Å². The molecular formula is C14H17NO4. The van der Waals surface area contributed by atoms with E-state index < -0.39 is 11.5 Å². The van der Waals surface area contributed by atoms with Gasteiger partial charge in [-0.3, -0.25) is 4.79 Å². The zero-order valence-corrected chi connectivity index (χ0v) is 11.0. The molecule has 1 aliphatic rings. The van der Waals surface area contributed by atoms with Crippen LogP contribution in [-0.4, -0.2) is 35.7 Å². The van der Waals surface area contributed by atoms with Gasteiger partial charge in [-0.15, -0.1) is 0 Å². The van der Waals surface area contributed by atoms with Gasteiger partial charge in [0.25, 0.3) is 5.91 Å². The summed E-state index contributed by atoms with van der Waals surface area (Å²) in [6.45, 7) is 4.14. The predicted octanol–water partition coefficient (Wildman–Crippen LogP) is 1.28. The number of hydrogen-bond acceptors (Lipinski definition) is 3. The molecule has 1 amide bonds. The van der Waals surface area contributed by atoms with E-state index in [2.05, 4.69) is 5.32 Å². The van der Waals surface area contributed by atoms with E-state index in [9.17, 15) is 14.7 Å². The van der Waals surface area contributed by atoms with Gasteiger partial charge in [-0.1, -0.05) is 17.7 Å². The summed E-state index contributed by atoms with van der Waals surface area (Å²) in [5, 5.41) is 11.9. The number of carboxylic acid groups (broad SMARTS) is 1. The molecule has 0 saturated carbocycles. The number of carbonyl (C=O) groups excluding carboxylic acids is 1. The first-order chi connectivity index (χ1) is 8.94. The third kappa shape index (κ3) is 2.61. The first-order valence-corrected chi connectivity index (χ1v) is 6.15. The second-order valence-electron chi connectivity index (χ2n) is 4.96. The molecule has 19 heavy (non-hydrogen) atoms. The van der Waals surface area contributed by atoms with Gasteiger partial charge < -0.3 is 15.2 Å². The van der Waals surface area contributed by atoms with Gasteiger partial charge in [0.2, 0.25) is 0 Å². The molecule has 1 heterocycles. The van der Waals surface area contributed by atoms with Crippen molar-refractivity contribution in [1.29, 1.82) is 0 Å². The van der Waals surface area contributed by atoms with Crippen LogP contribution in [0.2, 0.25) is 0 Å². The number of ether oxygens (including phenoxy) is 1. The number of aliphatic carboxylic acids is 1. The van der Waals surface area contributed by atoms with Crippen molar-refractivity contribution in [3.8, 4) is 0 Å². The van der Waals surface area contributed by atoms with E-state index in [0.717, 1.165) is 11.1 Å². The number of amides is 1. The summed E-state index contributed by atoms with van der Waals surface area (Å²) >= 11 is 0. The minimum Gasteiger partial charge on any atom is -0.479 e. The summed E-state index contributed by atoms with van der Waals surface area (Å²) in [5.41, 5.74) is 1.09. The average molecular weight is 263 g/mol. The molecule has 1 atom stereocenters. The van der Waals surface area contributed by atoms with Crippen LogP contribution in [0, 0.1) is 13.8 Å². The van der Waals surface area contributed by atoms with E-state index in [1.165, 1.54) is 0 Å². The van der Waals surface area contributed by atoms with E-state index in [0.29, 0.717) is 18.6 Å². The van der Waals surface area contributed by atoms with Crippen LogP contribution in [0.3, 0.4) is 0 Å². The SMILES string of the molecule is Cc1ccc(C(=O)NC2(C(=O)O)CCOC2)c(C)c1. The van der Waals surface area contributed by atoms with Crippen LogP contribution in [-0.2, 0) is 9.53 Å². The molecule has 5 nitrogen and oxygen atoms in total. The molecule has 2 N–H and O–H groups in total.